The van der Waals surface area contributed by atoms with E-state index in [1.165, 1.54) is 16.7 Å². The van der Waals surface area contributed by atoms with E-state index in [0.717, 1.165) is 18.5 Å². The lowest BCUT2D eigenvalue weighted by molar-refractivity contribution is 0.0968. The van der Waals surface area contributed by atoms with Crippen molar-refractivity contribution < 1.29 is 9.18 Å². The Kier molecular flexibility index (Phi) is 2.02. The lowest BCUT2D eigenvalue weighted by Gasteiger charge is -2.15. The van der Waals surface area contributed by atoms with E-state index in [0.29, 0.717) is 11.2 Å². The Labute approximate surface area is 124 Å². The number of hydrogen-bond donors (Lipinski definition) is 0. The summed E-state index contributed by atoms with van der Waals surface area (Å²) in [5, 5.41) is 0.282. The number of hydrogen-bond acceptors (Lipinski definition) is 2. The van der Waals surface area contributed by atoms with Crippen LogP contribution in [-0.2, 0) is 0 Å². The van der Waals surface area contributed by atoms with Gasteiger partial charge in [-0.25, -0.2) is 4.39 Å². The third-order valence-corrected chi connectivity index (χ3v) is 4.50. The molecule has 0 saturated heterocycles. The van der Waals surface area contributed by atoms with Crippen molar-refractivity contribution in [1.82, 2.24) is 9.13 Å². The summed E-state index contributed by atoms with van der Waals surface area (Å²) in [7, 11) is 0. The Hall–Kier alpha value is -2.69. The van der Waals surface area contributed by atoms with E-state index in [9.17, 15) is 14.0 Å². The van der Waals surface area contributed by atoms with Gasteiger partial charge in [-0.3, -0.25) is 14.2 Å². The zero-order valence-corrected chi connectivity index (χ0v) is 11.5. The van der Waals surface area contributed by atoms with Crippen molar-refractivity contribution in [3.63, 3.8) is 0 Å². The largest absolute Gasteiger partial charge is 0.335 e. The van der Waals surface area contributed by atoms with Crippen molar-refractivity contribution in [3.05, 3.63) is 58.1 Å². The molecule has 0 spiro atoms. The molecule has 0 amide bonds. The number of rotatable bonds is 1. The molecular formula is C17H11FN2O2. The van der Waals surface area contributed by atoms with Crippen LogP contribution in [0.3, 0.4) is 0 Å². The van der Waals surface area contributed by atoms with Gasteiger partial charge in [0.1, 0.15) is 11.4 Å². The van der Waals surface area contributed by atoms with Gasteiger partial charge in [0.2, 0.25) is 5.43 Å². The van der Waals surface area contributed by atoms with Crippen LogP contribution in [0.2, 0.25) is 0 Å². The Morgan fingerprint density at radius 1 is 1.14 bits per heavy atom. The average molecular weight is 294 g/mol. The molecule has 3 heterocycles. The van der Waals surface area contributed by atoms with Crippen LogP contribution in [-0.4, -0.2) is 15.0 Å². The Bertz CT molecular complexity index is 1040. The Balaban J connectivity index is 2.04. The summed E-state index contributed by atoms with van der Waals surface area (Å²) in [6, 6.07) is 8.16. The van der Waals surface area contributed by atoms with Crippen LogP contribution in [0, 0.1) is 5.82 Å². The fourth-order valence-corrected chi connectivity index (χ4v) is 3.42. The summed E-state index contributed by atoms with van der Waals surface area (Å²) in [5.74, 6) is -0.780. The first-order chi connectivity index (χ1) is 10.7. The molecule has 1 aromatic carbocycles. The molecule has 2 aromatic heterocycles. The van der Waals surface area contributed by atoms with Crippen molar-refractivity contribution >= 4 is 16.8 Å². The van der Waals surface area contributed by atoms with Crippen molar-refractivity contribution in [3.8, 4) is 11.4 Å². The molecule has 2 aliphatic rings. The second kappa shape index (κ2) is 3.74. The maximum absolute atomic E-state index is 13.6. The van der Waals surface area contributed by atoms with Gasteiger partial charge in [0.15, 0.2) is 0 Å². The van der Waals surface area contributed by atoms with Gasteiger partial charge in [-0.2, -0.15) is 0 Å². The normalized spacial score (nSPS) is 16.1. The highest BCUT2D eigenvalue weighted by atomic mass is 19.1. The van der Waals surface area contributed by atoms with Crippen molar-refractivity contribution in [2.24, 2.45) is 0 Å². The number of nitrogens with zero attached hydrogens (tertiary/aromatic N) is 2. The maximum atomic E-state index is 13.6. The molecular weight excluding hydrogens is 283 g/mol. The predicted molar refractivity (Wildman–Crippen MR) is 79.6 cm³/mol. The lowest BCUT2D eigenvalue weighted by Crippen LogP contribution is -2.20. The summed E-state index contributed by atoms with van der Waals surface area (Å²) >= 11 is 0. The number of fused-ring (bicyclic) bond motifs is 4. The zero-order valence-electron chi connectivity index (χ0n) is 11.5. The highest BCUT2D eigenvalue weighted by Gasteiger charge is 2.37. The minimum atomic E-state index is -0.461. The summed E-state index contributed by atoms with van der Waals surface area (Å²) in [6.07, 6.45) is 3.69. The molecule has 0 radical (unpaired) electrons. The third-order valence-electron chi connectivity index (χ3n) is 4.50. The van der Waals surface area contributed by atoms with E-state index in [1.807, 2.05) is 10.6 Å². The van der Waals surface area contributed by atoms with Crippen molar-refractivity contribution in [2.75, 3.05) is 0 Å². The molecule has 1 fully saturated rings. The van der Waals surface area contributed by atoms with Gasteiger partial charge in [-0.15, -0.1) is 0 Å². The summed E-state index contributed by atoms with van der Waals surface area (Å²) in [6.45, 7) is 0. The van der Waals surface area contributed by atoms with Crippen LogP contribution in [0.15, 0.2) is 41.3 Å². The van der Waals surface area contributed by atoms with E-state index in [-0.39, 0.29) is 28.3 Å². The minimum absolute atomic E-state index is 0.167. The van der Waals surface area contributed by atoms with Crippen LogP contribution >= 0.6 is 0 Å². The molecule has 1 aliphatic carbocycles. The van der Waals surface area contributed by atoms with Gasteiger partial charge in [0, 0.05) is 17.6 Å². The highest BCUT2D eigenvalue weighted by molar-refractivity contribution is 6.10. The maximum Gasteiger partial charge on any atom is 0.268 e. The molecule has 3 aromatic rings. The average Bonchev–Trinajstić information content (AvgIpc) is 3.15. The van der Waals surface area contributed by atoms with Crippen LogP contribution in [0.4, 0.5) is 4.39 Å². The van der Waals surface area contributed by atoms with Gasteiger partial charge in [-0.1, -0.05) is 0 Å². The van der Waals surface area contributed by atoms with Crippen LogP contribution in [0.5, 0.6) is 0 Å². The monoisotopic (exact) mass is 294 g/mol. The van der Waals surface area contributed by atoms with Gasteiger partial charge < -0.3 is 4.57 Å². The van der Waals surface area contributed by atoms with Crippen molar-refractivity contribution in [1.29, 1.82) is 0 Å². The van der Waals surface area contributed by atoms with E-state index in [4.69, 9.17) is 0 Å². The number of carbonyl (C=O) groups is 1. The first-order valence-electron chi connectivity index (χ1n) is 7.27. The zero-order chi connectivity index (χ0) is 15.0. The first-order valence-corrected chi connectivity index (χ1v) is 7.27. The number of carbonyl (C=O) groups excluding carboxylic acids is 1. The number of pyridine rings is 1. The number of halogens is 1. The standard InChI is InChI=1S/C17H11FN2O2/c18-9-3-6-12-11(8-9)16(21)14-15(20(12)10-4-5-10)13-2-1-7-19(13)17(14)22/h1-3,6-8,10H,4-5H2. The minimum Gasteiger partial charge on any atom is -0.335 e. The SMILES string of the molecule is O=C1c2c(n(C3CC3)c3ccc(F)cc3c2=O)-c2cccn21. The Morgan fingerprint density at radius 2 is 1.95 bits per heavy atom. The number of aromatic nitrogens is 2. The molecule has 0 N–H and O–H groups in total. The molecule has 5 heteroatoms. The van der Waals surface area contributed by atoms with E-state index in [1.54, 1.807) is 18.3 Å². The van der Waals surface area contributed by atoms with E-state index < -0.39 is 5.82 Å². The lowest BCUT2D eigenvalue weighted by atomic mass is 10.1. The molecule has 0 unspecified atom stereocenters. The van der Waals surface area contributed by atoms with Crippen LogP contribution in [0.1, 0.15) is 29.2 Å². The summed E-state index contributed by atoms with van der Waals surface area (Å²) in [5.41, 5.74) is 1.92. The molecule has 0 bridgehead atoms. The third kappa shape index (κ3) is 1.31. The summed E-state index contributed by atoms with van der Waals surface area (Å²) < 4.78 is 17.1. The van der Waals surface area contributed by atoms with Gasteiger partial charge in [0.25, 0.3) is 5.91 Å². The molecule has 22 heavy (non-hydrogen) atoms. The molecule has 1 aliphatic heterocycles. The van der Waals surface area contributed by atoms with Crippen molar-refractivity contribution in [2.45, 2.75) is 18.9 Å². The van der Waals surface area contributed by atoms with Crippen LogP contribution < -0.4 is 5.43 Å². The molecule has 1 saturated carbocycles. The quantitative estimate of drug-likeness (QED) is 0.542. The van der Waals surface area contributed by atoms with E-state index >= 15 is 0 Å². The smallest absolute Gasteiger partial charge is 0.268 e. The molecule has 108 valence electrons. The van der Waals surface area contributed by atoms with Gasteiger partial charge in [-0.05, 0) is 43.2 Å². The molecule has 4 nitrogen and oxygen atoms in total. The Morgan fingerprint density at radius 3 is 2.73 bits per heavy atom. The predicted octanol–water partition coefficient (Wildman–Crippen LogP) is 2.95. The highest BCUT2D eigenvalue weighted by Crippen LogP contribution is 2.43. The van der Waals surface area contributed by atoms with Crippen LogP contribution in [0.25, 0.3) is 22.3 Å². The second-order valence-electron chi connectivity index (χ2n) is 5.88. The number of benzene rings is 1. The summed E-state index contributed by atoms with van der Waals surface area (Å²) in [4.78, 5) is 25.3. The van der Waals surface area contributed by atoms with E-state index in [2.05, 4.69) is 0 Å². The fraction of sp³-hybridized carbons (Fsp3) is 0.176. The molecule has 0 atom stereocenters. The molecule has 5 rings (SSSR count). The second-order valence-corrected chi connectivity index (χ2v) is 5.88. The van der Waals surface area contributed by atoms with Gasteiger partial charge >= 0.3 is 0 Å². The first kappa shape index (κ1) is 11.9. The topological polar surface area (TPSA) is 44.0 Å². The fourth-order valence-electron chi connectivity index (χ4n) is 3.42. The van der Waals surface area contributed by atoms with Gasteiger partial charge in [0.05, 0.1) is 16.9 Å².